The molecule has 214 valence electrons. The molecule has 0 heterocycles. The van der Waals surface area contributed by atoms with Crippen LogP contribution in [-0.4, -0.2) is 43.8 Å². The zero-order valence-electron chi connectivity index (χ0n) is 22.7. The molecule has 0 spiro atoms. The van der Waals surface area contributed by atoms with Crippen LogP contribution in [0.5, 0.6) is 0 Å². The molecule has 0 aliphatic rings. The van der Waals surface area contributed by atoms with E-state index < -0.39 is 28.5 Å². The lowest BCUT2D eigenvalue weighted by Crippen LogP contribution is -2.52. The highest BCUT2D eigenvalue weighted by atomic mass is 35.5. The van der Waals surface area contributed by atoms with E-state index in [9.17, 15) is 18.0 Å². The Bertz CT molecular complexity index is 1450. The summed E-state index contributed by atoms with van der Waals surface area (Å²) < 4.78 is 28.7. The summed E-state index contributed by atoms with van der Waals surface area (Å²) in [6.45, 7) is 6.51. The fourth-order valence-electron chi connectivity index (χ4n) is 3.90. The fraction of sp³-hybridized carbons (Fsp3) is 0.310. The summed E-state index contributed by atoms with van der Waals surface area (Å²) in [7, 11) is -4.20. The van der Waals surface area contributed by atoms with E-state index in [1.54, 1.807) is 55.5 Å². The van der Waals surface area contributed by atoms with Crippen LogP contribution < -0.4 is 9.62 Å². The van der Waals surface area contributed by atoms with Crippen LogP contribution in [0.25, 0.3) is 0 Å². The second-order valence-corrected chi connectivity index (χ2v) is 12.6. The summed E-state index contributed by atoms with van der Waals surface area (Å²) in [5.74, 6) is -1.01. The monoisotopic (exact) mass is 623 g/mol. The average molecular weight is 625 g/mol. The standard InChI is InChI=1S/C29H32Cl3N3O4S/c1-5-20(3)33-29(37)21(4)34(17-25-26(31)10-7-11-27(25)32)28(36)18-35(23-9-6-8-22(30)16-23)40(38,39)24-14-12-19(2)13-15-24/h6-16,20-21H,5,17-18H2,1-4H3,(H,33,37)/t20-,21+/m1/s1. The summed E-state index contributed by atoms with van der Waals surface area (Å²) in [6.07, 6.45) is 0.695. The molecule has 0 unspecified atom stereocenters. The Labute approximate surface area is 251 Å². The van der Waals surface area contributed by atoms with Crippen molar-refractivity contribution in [1.29, 1.82) is 0 Å². The molecule has 0 radical (unpaired) electrons. The van der Waals surface area contributed by atoms with Crippen LogP contribution in [0.3, 0.4) is 0 Å². The first-order valence-corrected chi connectivity index (χ1v) is 15.3. The lowest BCUT2D eigenvalue weighted by atomic mass is 10.1. The topological polar surface area (TPSA) is 86.8 Å². The molecule has 3 rings (SSSR count). The van der Waals surface area contributed by atoms with Crippen LogP contribution in [0.4, 0.5) is 5.69 Å². The van der Waals surface area contributed by atoms with E-state index in [1.165, 1.54) is 23.1 Å². The van der Waals surface area contributed by atoms with Crippen LogP contribution in [0, 0.1) is 6.92 Å². The molecular formula is C29H32Cl3N3O4S. The predicted molar refractivity (Wildman–Crippen MR) is 162 cm³/mol. The fourth-order valence-corrected chi connectivity index (χ4v) is 6.01. The molecule has 7 nitrogen and oxygen atoms in total. The lowest BCUT2D eigenvalue weighted by Gasteiger charge is -2.33. The van der Waals surface area contributed by atoms with Crippen LogP contribution >= 0.6 is 34.8 Å². The molecule has 1 N–H and O–H groups in total. The van der Waals surface area contributed by atoms with E-state index in [1.807, 2.05) is 20.8 Å². The molecule has 0 aliphatic heterocycles. The van der Waals surface area contributed by atoms with Gasteiger partial charge in [0, 0.05) is 33.2 Å². The van der Waals surface area contributed by atoms with Gasteiger partial charge in [-0.1, -0.05) is 71.6 Å². The summed E-state index contributed by atoms with van der Waals surface area (Å²) in [5.41, 5.74) is 1.53. The summed E-state index contributed by atoms with van der Waals surface area (Å²) in [4.78, 5) is 28.4. The van der Waals surface area contributed by atoms with Crippen molar-refractivity contribution < 1.29 is 18.0 Å². The zero-order valence-corrected chi connectivity index (χ0v) is 25.8. The molecule has 3 aromatic rings. The number of carbonyl (C=O) groups is 2. The van der Waals surface area contributed by atoms with Crippen LogP contribution in [0.2, 0.25) is 15.1 Å². The van der Waals surface area contributed by atoms with Gasteiger partial charge in [-0.25, -0.2) is 8.42 Å². The van der Waals surface area contributed by atoms with Gasteiger partial charge in [0.2, 0.25) is 11.8 Å². The highest BCUT2D eigenvalue weighted by molar-refractivity contribution is 7.92. The minimum Gasteiger partial charge on any atom is -0.352 e. The molecule has 3 aromatic carbocycles. The molecular weight excluding hydrogens is 593 g/mol. The lowest BCUT2D eigenvalue weighted by molar-refractivity contribution is -0.139. The molecule has 0 aliphatic carbocycles. The van der Waals surface area contributed by atoms with Crippen LogP contribution in [-0.2, 0) is 26.2 Å². The van der Waals surface area contributed by atoms with Gasteiger partial charge in [-0.05, 0) is 69.7 Å². The maximum Gasteiger partial charge on any atom is 0.264 e. The molecule has 40 heavy (non-hydrogen) atoms. The van der Waals surface area contributed by atoms with Gasteiger partial charge in [-0.2, -0.15) is 0 Å². The number of amides is 2. The van der Waals surface area contributed by atoms with Gasteiger partial charge in [-0.15, -0.1) is 0 Å². The number of sulfonamides is 1. The van der Waals surface area contributed by atoms with Gasteiger partial charge in [0.15, 0.2) is 0 Å². The first-order valence-electron chi connectivity index (χ1n) is 12.7. The van der Waals surface area contributed by atoms with E-state index in [0.717, 1.165) is 9.87 Å². The van der Waals surface area contributed by atoms with Crippen molar-refractivity contribution in [1.82, 2.24) is 10.2 Å². The number of halogens is 3. The minimum atomic E-state index is -4.20. The van der Waals surface area contributed by atoms with E-state index >= 15 is 0 Å². The molecule has 11 heteroatoms. The Morgan fingerprint density at radius 2 is 1.52 bits per heavy atom. The number of benzene rings is 3. The van der Waals surface area contributed by atoms with Gasteiger partial charge in [0.05, 0.1) is 10.6 Å². The first-order chi connectivity index (χ1) is 18.8. The maximum atomic E-state index is 14.0. The largest absolute Gasteiger partial charge is 0.352 e. The van der Waals surface area contributed by atoms with Crippen molar-refractivity contribution in [2.75, 3.05) is 10.8 Å². The maximum absolute atomic E-state index is 14.0. The number of carbonyl (C=O) groups excluding carboxylic acids is 2. The van der Waals surface area contributed by atoms with Crippen LogP contribution in [0.15, 0.2) is 71.6 Å². The Kier molecular flexibility index (Phi) is 10.9. The predicted octanol–water partition coefficient (Wildman–Crippen LogP) is 6.48. The van der Waals surface area contributed by atoms with E-state index in [-0.39, 0.29) is 29.1 Å². The number of hydrogen-bond donors (Lipinski definition) is 1. The van der Waals surface area contributed by atoms with Gasteiger partial charge in [0.1, 0.15) is 12.6 Å². The summed E-state index contributed by atoms with van der Waals surface area (Å²) in [6, 6.07) is 16.4. The third kappa shape index (κ3) is 7.69. The Balaban J connectivity index is 2.07. The second-order valence-electron chi connectivity index (χ2n) is 9.52. The van der Waals surface area contributed by atoms with E-state index in [0.29, 0.717) is 27.1 Å². The van der Waals surface area contributed by atoms with Crippen molar-refractivity contribution in [2.45, 2.75) is 57.6 Å². The van der Waals surface area contributed by atoms with Crippen molar-refractivity contribution in [3.63, 3.8) is 0 Å². The molecule has 0 saturated carbocycles. The first kappa shape index (κ1) is 31.7. The Morgan fingerprint density at radius 1 is 0.925 bits per heavy atom. The number of hydrogen-bond acceptors (Lipinski definition) is 4. The zero-order chi connectivity index (χ0) is 29.6. The Morgan fingerprint density at radius 3 is 2.10 bits per heavy atom. The molecule has 0 saturated heterocycles. The SMILES string of the molecule is CC[C@@H](C)NC(=O)[C@H](C)N(Cc1c(Cl)cccc1Cl)C(=O)CN(c1cccc(Cl)c1)S(=O)(=O)c1ccc(C)cc1. The summed E-state index contributed by atoms with van der Waals surface area (Å²) >= 11 is 19.0. The van der Waals surface area contributed by atoms with Crippen molar-refractivity contribution in [2.24, 2.45) is 0 Å². The molecule has 0 bridgehead atoms. The van der Waals surface area contributed by atoms with Crippen molar-refractivity contribution in [3.05, 3.63) is 92.9 Å². The normalized spacial score (nSPS) is 12.9. The molecule has 0 fully saturated rings. The van der Waals surface area contributed by atoms with Crippen LogP contribution in [0.1, 0.15) is 38.3 Å². The minimum absolute atomic E-state index is 0.00846. The van der Waals surface area contributed by atoms with Crippen molar-refractivity contribution >= 4 is 62.3 Å². The third-order valence-electron chi connectivity index (χ3n) is 6.54. The van der Waals surface area contributed by atoms with Gasteiger partial charge in [0.25, 0.3) is 10.0 Å². The van der Waals surface area contributed by atoms with Gasteiger partial charge >= 0.3 is 0 Å². The Hall–Kier alpha value is -2.78. The number of anilines is 1. The number of nitrogens with zero attached hydrogens (tertiary/aromatic N) is 2. The van der Waals surface area contributed by atoms with Gasteiger partial charge in [-0.3, -0.25) is 13.9 Å². The highest BCUT2D eigenvalue weighted by Crippen LogP contribution is 2.29. The number of aryl methyl sites for hydroxylation is 1. The van der Waals surface area contributed by atoms with Gasteiger partial charge < -0.3 is 10.2 Å². The second kappa shape index (κ2) is 13.7. The molecule has 2 atom stereocenters. The smallest absolute Gasteiger partial charge is 0.264 e. The third-order valence-corrected chi connectivity index (χ3v) is 9.27. The molecule has 2 amide bonds. The molecule has 0 aromatic heterocycles. The quantitative estimate of drug-likeness (QED) is 0.265. The average Bonchev–Trinajstić information content (AvgIpc) is 2.91. The highest BCUT2D eigenvalue weighted by Gasteiger charge is 2.33. The van der Waals surface area contributed by atoms with E-state index in [2.05, 4.69) is 5.32 Å². The van der Waals surface area contributed by atoms with Crippen molar-refractivity contribution in [3.8, 4) is 0 Å². The van der Waals surface area contributed by atoms with E-state index in [4.69, 9.17) is 34.8 Å². The number of nitrogens with one attached hydrogen (secondary N) is 1. The number of rotatable bonds is 11. The summed E-state index contributed by atoms with van der Waals surface area (Å²) in [5, 5.41) is 3.82.